The Morgan fingerprint density at radius 2 is 0.881 bits per heavy atom. The molecule has 0 atom stereocenters. The average molecular weight is 1550 g/mol. The number of nitrogens with zero attached hydrogens (tertiary/aromatic N) is 9. The fraction of sp³-hybridized carbons (Fsp3) is 0.313. The number of hydrogen-bond acceptors (Lipinski definition) is 21. The Kier molecular flexibility index (Phi) is 23.3. The maximum absolute atomic E-state index is 13.5. The lowest BCUT2D eigenvalue weighted by atomic mass is 9.76. The zero-order valence-electron chi connectivity index (χ0n) is 55.9. The van der Waals surface area contributed by atoms with Gasteiger partial charge in [-0.25, -0.2) is 57.5 Å². The number of hydrogen-bond donors (Lipinski definition) is 5. The number of fused-ring (bicyclic) bond motifs is 6. The van der Waals surface area contributed by atoms with Crippen LogP contribution in [0.1, 0.15) is 154 Å². The van der Waals surface area contributed by atoms with Gasteiger partial charge in [-0.2, -0.15) is 0 Å². The van der Waals surface area contributed by atoms with Crippen molar-refractivity contribution in [2.75, 3.05) is 17.2 Å². The molecule has 28 nitrogen and oxygen atoms in total. The Morgan fingerprint density at radius 1 is 0.535 bits per heavy atom. The monoisotopic (exact) mass is 1550 g/mol. The molecule has 34 heteroatoms. The summed E-state index contributed by atoms with van der Waals surface area (Å²) < 4.78 is 51.4. The van der Waals surface area contributed by atoms with Gasteiger partial charge in [-0.1, -0.05) is 42.8 Å². The lowest BCUT2D eigenvalue weighted by Gasteiger charge is -2.23. The van der Waals surface area contributed by atoms with Gasteiger partial charge in [0.25, 0.3) is 29.3 Å². The fourth-order valence-electron chi connectivity index (χ4n) is 10.3. The Balaban J connectivity index is 0.000000181. The lowest BCUT2D eigenvalue weighted by Crippen LogP contribution is -2.37. The molecule has 0 saturated carbocycles. The molecule has 101 heavy (non-hydrogen) atoms. The number of aromatic nitrogens is 4. The molecule has 8 amide bonds. The Morgan fingerprint density at radius 3 is 1.31 bits per heavy atom. The van der Waals surface area contributed by atoms with Crippen LogP contribution in [0.25, 0.3) is 22.6 Å². The summed E-state index contributed by atoms with van der Waals surface area (Å²) in [6.07, 6.45) is 3.48. The molecule has 4 aromatic carbocycles. The predicted molar refractivity (Wildman–Crippen MR) is 379 cm³/mol. The van der Waals surface area contributed by atoms with Crippen LogP contribution in [0.15, 0.2) is 97.6 Å². The molecule has 8 heterocycles. The van der Waals surface area contributed by atoms with E-state index < -0.39 is 88.3 Å². The van der Waals surface area contributed by atoms with Gasteiger partial charge in [-0.15, -0.1) is 0 Å². The second-order valence-electron chi connectivity index (χ2n) is 26.6. The van der Waals surface area contributed by atoms with Gasteiger partial charge in [-0.05, 0) is 165 Å². The van der Waals surface area contributed by atoms with Crippen molar-refractivity contribution >= 4 is 140 Å². The molecule has 0 spiro atoms. The molecule has 0 aliphatic carbocycles. The van der Waals surface area contributed by atoms with Gasteiger partial charge in [0.15, 0.2) is 0 Å². The van der Waals surface area contributed by atoms with Crippen LogP contribution in [-0.4, -0.2) is 131 Å². The minimum Gasteiger partial charge on any atom is -0.443 e. The summed E-state index contributed by atoms with van der Waals surface area (Å²) in [4.78, 5) is 120. The second-order valence-corrected chi connectivity index (χ2v) is 28.5. The minimum absolute atomic E-state index is 0. The molecular formula is C67H72BCl2F2IN12O16. The summed E-state index contributed by atoms with van der Waals surface area (Å²) in [6, 6.07) is 17.3. The van der Waals surface area contributed by atoms with Crippen molar-refractivity contribution in [3.8, 4) is 11.3 Å². The van der Waals surface area contributed by atoms with E-state index in [0.29, 0.717) is 55.5 Å². The number of carbonyl (C=O) groups is 8. The van der Waals surface area contributed by atoms with Crippen LogP contribution in [0.5, 0.6) is 0 Å². The first kappa shape index (κ1) is 78.3. The number of amides is 8. The average Bonchev–Trinajstić information content (AvgIpc) is 1.63. The molecule has 8 aromatic rings. The highest BCUT2D eigenvalue weighted by atomic mass is 127. The number of nitro benzene ring substituents is 1. The predicted octanol–water partition coefficient (Wildman–Crippen LogP) is 12.1. The molecule has 4 aromatic heterocycles. The molecule has 0 bridgehead atoms. The first-order valence-electron chi connectivity index (χ1n) is 30.2. The summed E-state index contributed by atoms with van der Waals surface area (Å²) in [5.74, 6) is -2.97. The molecule has 534 valence electrons. The topological polar surface area (TPSA) is 383 Å². The Bertz CT molecular complexity index is 4680. The third-order valence-corrected chi connectivity index (χ3v) is 16.0. The van der Waals surface area contributed by atoms with E-state index in [9.17, 15) is 67.3 Å². The van der Waals surface area contributed by atoms with Gasteiger partial charge in [0.1, 0.15) is 54.6 Å². The van der Waals surface area contributed by atoms with E-state index in [4.69, 9.17) is 59.4 Å². The number of anilines is 3. The second kappa shape index (κ2) is 30.0. The van der Waals surface area contributed by atoms with Crippen molar-refractivity contribution in [2.24, 2.45) is 0 Å². The molecule has 0 saturated heterocycles. The van der Waals surface area contributed by atoms with Crippen LogP contribution in [-0.2, 0) is 45.1 Å². The van der Waals surface area contributed by atoms with Crippen LogP contribution in [0.2, 0.25) is 10.0 Å². The number of rotatable bonds is 3. The normalized spacial score (nSPS) is 13.6. The highest BCUT2D eigenvalue weighted by molar-refractivity contribution is 14.1. The van der Waals surface area contributed by atoms with Crippen molar-refractivity contribution in [2.45, 2.75) is 139 Å². The number of benzene rings is 4. The quantitative estimate of drug-likeness (QED) is 0.0274. The molecule has 0 fully saturated rings. The summed E-state index contributed by atoms with van der Waals surface area (Å²) in [6.45, 7) is 20.4. The van der Waals surface area contributed by atoms with Crippen LogP contribution in [0.3, 0.4) is 0 Å². The van der Waals surface area contributed by atoms with E-state index in [1.807, 2.05) is 4.40 Å². The van der Waals surface area contributed by atoms with Crippen LogP contribution < -0.4 is 22.7 Å². The Labute approximate surface area is 601 Å². The molecule has 4 aliphatic heterocycles. The van der Waals surface area contributed by atoms with E-state index in [2.05, 4.69) is 32.6 Å². The number of imidazole rings is 2. The number of carbonyl (C=O) groups excluding carboxylic acids is 8. The van der Waals surface area contributed by atoms with Gasteiger partial charge in [-0.3, -0.25) is 38.1 Å². The van der Waals surface area contributed by atoms with Gasteiger partial charge in [0.05, 0.1) is 65.9 Å². The molecular weight excluding hydrogens is 1480 g/mol. The lowest BCUT2D eigenvalue weighted by molar-refractivity contribution is -0.385. The SMILES string of the molecule is C.CC(C)(C)OC(=O)N1Cc2c(-c3cnc4cc(F)ccn34)ccc(N)c2C1=O.CC(C)(C)OC(=O)N1Cc2c(B(O)O)ccc(N)c2C1=O.CC(C)(C)OC(=O)N1Cc2c(Cl)ccc(N)c2C1=O.CC(C)(C)OC(=O)N1Cc2c(Cl)ccc([N+](=O)[O-])c2C1=O.Fc1ccn2c(I)cnc2c1. The summed E-state index contributed by atoms with van der Waals surface area (Å²) in [7, 11) is -1.74. The third-order valence-electron chi connectivity index (χ3n) is 14.5. The number of ether oxygens (including phenoxy) is 4. The van der Waals surface area contributed by atoms with E-state index in [1.165, 1.54) is 42.5 Å². The van der Waals surface area contributed by atoms with Crippen LogP contribution in [0.4, 0.5) is 50.7 Å². The molecule has 0 radical (unpaired) electrons. The van der Waals surface area contributed by atoms with E-state index in [1.54, 1.807) is 137 Å². The zero-order valence-corrected chi connectivity index (χ0v) is 59.6. The van der Waals surface area contributed by atoms with E-state index in [-0.39, 0.29) is 89.2 Å². The summed E-state index contributed by atoms with van der Waals surface area (Å²) in [5.41, 5.74) is 20.0. The molecule has 8 N–H and O–H groups in total. The summed E-state index contributed by atoms with van der Waals surface area (Å²) >= 11 is 14.1. The number of nitrogen functional groups attached to an aromatic ring is 3. The van der Waals surface area contributed by atoms with Gasteiger partial charge >= 0.3 is 31.5 Å². The van der Waals surface area contributed by atoms with Crippen molar-refractivity contribution in [1.29, 1.82) is 0 Å². The number of halogens is 5. The summed E-state index contributed by atoms with van der Waals surface area (Å²) in [5, 5.41) is 30.3. The van der Waals surface area contributed by atoms with Crippen molar-refractivity contribution in [3.05, 3.63) is 178 Å². The number of pyridine rings is 2. The maximum Gasteiger partial charge on any atom is 0.488 e. The minimum atomic E-state index is -1.74. The molecule has 4 aliphatic rings. The highest BCUT2D eigenvalue weighted by Gasteiger charge is 2.44. The highest BCUT2D eigenvalue weighted by Crippen LogP contribution is 2.40. The smallest absolute Gasteiger partial charge is 0.443 e. The number of imide groups is 4. The standard InChI is InChI=1S/C20H19FN4O3.C13H17BN2O5.C13H13ClN2O5.C13H15ClN2O3.C7H4FIN2.CH4/c1-20(2,3)28-19(27)25-10-13-12(4-5-14(22)17(13)18(25)26)15-9-23-16-8-11(21)6-7-24(15)16;1-13(2,3)21-12(18)16-6-7-8(14(19)20)4-5-9(15)10(7)11(16)17;1-13(2,3)21-12(18)15-6-7-8(14)4-5-9(16(19)20)10(7)11(15)17;1-13(2,3)19-12(18)16-6-7-8(14)4-5-9(15)10(7)11(16)17;8-5-1-2-11-6(9)4-10-7(11)3-5;/h4-9H,10,22H2,1-3H3;4-5,19-20H,6,15H2,1-3H3;4-5H,6H2,1-3H3;4-5H,6,15H2,1-3H3;1-4H;1H4. The molecule has 0 unspecified atom stereocenters. The first-order valence-corrected chi connectivity index (χ1v) is 32.0. The number of nitrogens with two attached hydrogens (primary N) is 3. The van der Waals surface area contributed by atoms with Crippen LogP contribution >= 0.6 is 45.8 Å². The zero-order chi connectivity index (χ0) is 74.3. The van der Waals surface area contributed by atoms with Crippen molar-refractivity contribution in [3.63, 3.8) is 0 Å². The van der Waals surface area contributed by atoms with Crippen molar-refractivity contribution < 1.29 is 81.1 Å². The largest absolute Gasteiger partial charge is 0.488 e. The van der Waals surface area contributed by atoms with E-state index in [0.717, 1.165) is 29.4 Å². The fourth-order valence-corrected chi connectivity index (χ4v) is 11.3. The number of nitro groups is 1. The van der Waals surface area contributed by atoms with Crippen LogP contribution in [0, 0.1) is 25.4 Å². The molecule has 12 rings (SSSR count). The maximum atomic E-state index is 13.5. The first-order chi connectivity index (χ1) is 46.4. The third kappa shape index (κ3) is 17.8. The van der Waals surface area contributed by atoms with E-state index >= 15 is 0 Å². The van der Waals surface area contributed by atoms with Crippen molar-refractivity contribution in [1.82, 2.24) is 38.4 Å². The van der Waals surface area contributed by atoms with Gasteiger partial charge in [0.2, 0.25) is 0 Å². The van der Waals surface area contributed by atoms with Gasteiger partial charge < -0.3 is 46.2 Å². The van der Waals surface area contributed by atoms with Gasteiger partial charge in [0, 0.05) is 74.4 Å². The Hall–Kier alpha value is -10.0.